The molecule has 2 aromatic heterocycles. The largest absolute Gasteiger partial charge is 0.385 e. The van der Waals surface area contributed by atoms with Crippen LogP contribution in [0.5, 0.6) is 0 Å². The Morgan fingerprint density at radius 2 is 2.04 bits per heavy atom. The number of aromatic nitrogens is 3. The number of methoxy groups -OCH3 is 1. The van der Waals surface area contributed by atoms with Crippen molar-refractivity contribution in [1.82, 2.24) is 15.0 Å². The van der Waals surface area contributed by atoms with E-state index >= 15 is 0 Å². The zero-order valence-corrected chi connectivity index (χ0v) is 14.8. The van der Waals surface area contributed by atoms with Gasteiger partial charge in [-0.2, -0.15) is 0 Å². The van der Waals surface area contributed by atoms with Gasteiger partial charge in [-0.15, -0.1) is 0 Å². The van der Waals surface area contributed by atoms with Crippen LogP contribution in [0.15, 0.2) is 42.6 Å². The summed E-state index contributed by atoms with van der Waals surface area (Å²) in [6, 6.07) is 11.1. The Bertz CT molecular complexity index is 908. The van der Waals surface area contributed by atoms with Gasteiger partial charge in [0.25, 0.3) is 5.91 Å². The topological polar surface area (TPSA) is 89.0 Å². The molecule has 0 radical (unpaired) electrons. The number of rotatable bonds is 7. The van der Waals surface area contributed by atoms with Gasteiger partial charge in [0.05, 0.1) is 11.2 Å². The number of nitrogens with one attached hydrogen (secondary N) is 2. The average molecular weight is 351 g/mol. The summed E-state index contributed by atoms with van der Waals surface area (Å²) in [5.74, 6) is 0.853. The lowest BCUT2D eigenvalue weighted by Crippen LogP contribution is -2.16. The van der Waals surface area contributed by atoms with Gasteiger partial charge in [0.1, 0.15) is 17.3 Å². The van der Waals surface area contributed by atoms with Gasteiger partial charge >= 0.3 is 0 Å². The van der Waals surface area contributed by atoms with Crippen molar-refractivity contribution in [2.24, 2.45) is 0 Å². The van der Waals surface area contributed by atoms with Gasteiger partial charge < -0.3 is 15.4 Å². The minimum atomic E-state index is -0.298. The highest BCUT2D eigenvalue weighted by molar-refractivity contribution is 6.07. The molecule has 134 valence electrons. The molecule has 0 atom stereocenters. The van der Waals surface area contributed by atoms with E-state index in [4.69, 9.17) is 4.74 Å². The lowest BCUT2D eigenvalue weighted by Gasteiger charge is -2.10. The zero-order chi connectivity index (χ0) is 18.4. The van der Waals surface area contributed by atoms with Gasteiger partial charge in [-0.25, -0.2) is 9.97 Å². The maximum atomic E-state index is 12.7. The number of benzene rings is 1. The Labute approximate surface area is 151 Å². The van der Waals surface area contributed by atoms with Crippen LogP contribution < -0.4 is 10.6 Å². The van der Waals surface area contributed by atoms with E-state index in [-0.39, 0.29) is 5.91 Å². The second-order valence-corrected chi connectivity index (χ2v) is 5.79. The van der Waals surface area contributed by atoms with Gasteiger partial charge in [0, 0.05) is 37.9 Å². The second-order valence-electron chi connectivity index (χ2n) is 5.79. The van der Waals surface area contributed by atoms with E-state index in [1.165, 1.54) is 0 Å². The highest BCUT2D eigenvalue weighted by Crippen LogP contribution is 2.21. The normalized spacial score (nSPS) is 10.7. The lowest BCUT2D eigenvalue weighted by atomic mass is 10.2. The monoisotopic (exact) mass is 351 g/mol. The predicted molar refractivity (Wildman–Crippen MR) is 101 cm³/mol. The van der Waals surface area contributed by atoms with Crippen molar-refractivity contribution in [2.45, 2.75) is 13.3 Å². The number of amides is 1. The highest BCUT2D eigenvalue weighted by Gasteiger charge is 2.12. The van der Waals surface area contributed by atoms with Crippen LogP contribution >= 0.6 is 0 Å². The number of carbonyl (C=O) groups excluding carboxylic acids is 1. The molecule has 0 fully saturated rings. The summed E-state index contributed by atoms with van der Waals surface area (Å²) in [6.07, 6.45) is 2.55. The van der Waals surface area contributed by atoms with E-state index in [1.54, 1.807) is 26.3 Å². The first kappa shape index (κ1) is 17.8. The summed E-state index contributed by atoms with van der Waals surface area (Å²) in [6.45, 7) is 3.13. The molecule has 1 aromatic carbocycles. The Kier molecular flexibility index (Phi) is 5.70. The second kappa shape index (κ2) is 8.35. The Morgan fingerprint density at radius 1 is 1.19 bits per heavy atom. The smallest absolute Gasteiger partial charge is 0.274 e. The number of fused-ring (bicyclic) bond motifs is 1. The molecule has 0 aliphatic heterocycles. The van der Waals surface area contributed by atoms with E-state index in [0.717, 1.165) is 17.3 Å². The summed E-state index contributed by atoms with van der Waals surface area (Å²) in [5.41, 5.74) is 1.70. The van der Waals surface area contributed by atoms with E-state index < -0.39 is 0 Å². The fourth-order valence-corrected chi connectivity index (χ4v) is 2.60. The maximum Gasteiger partial charge on any atom is 0.274 e. The molecule has 26 heavy (non-hydrogen) atoms. The first-order valence-corrected chi connectivity index (χ1v) is 8.41. The molecule has 7 nitrogen and oxygen atoms in total. The molecule has 1 amide bonds. The van der Waals surface area contributed by atoms with Crippen molar-refractivity contribution in [3.63, 3.8) is 0 Å². The van der Waals surface area contributed by atoms with Crippen molar-refractivity contribution < 1.29 is 9.53 Å². The third-order valence-corrected chi connectivity index (χ3v) is 3.78. The van der Waals surface area contributed by atoms with Crippen molar-refractivity contribution >= 4 is 28.3 Å². The number of hydrogen-bond acceptors (Lipinski definition) is 6. The van der Waals surface area contributed by atoms with Crippen LogP contribution in [0, 0.1) is 6.92 Å². The fraction of sp³-hybridized carbons (Fsp3) is 0.263. The summed E-state index contributed by atoms with van der Waals surface area (Å²) in [5, 5.41) is 7.04. The molecule has 0 aliphatic rings. The van der Waals surface area contributed by atoms with Crippen molar-refractivity contribution in [3.05, 3.63) is 54.1 Å². The number of anilines is 2. The van der Waals surface area contributed by atoms with Gasteiger partial charge in [-0.3, -0.25) is 9.78 Å². The number of para-hydroxylation sites is 1. The summed E-state index contributed by atoms with van der Waals surface area (Å²) < 4.78 is 5.02. The number of ether oxygens (including phenoxy) is 1. The third-order valence-electron chi connectivity index (χ3n) is 3.78. The van der Waals surface area contributed by atoms with Crippen LogP contribution in [0.25, 0.3) is 10.9 Å². The van der Waals surface area contributed by atoms with Crippen molar-refractivity contribution in [2.75, 3.05) is 30.9 Å². The number of hydrogen-bond donors (Lipinski definition) is 2. The van der Waals surface area contributed by atoms with Crippen LogP contribution in [0.3, 0.4) is 0 Å². The highest BCUT2D eigenvalue weighted by atomic mass is 16.5. The van der Waals surface area contributed by atoms with Gasteiger partial charge in [-0.1, -0.05) is 18.2 Å². The maximum absolute atomic E-state index is 12.7. The predicted octanol–water partition coefficient (Wildman–Crippen LogP) is 3.03. The first-order valence-electron chi connectivity index (χ1n) is 8.41. The molecule has 0 spiro atoms. The van der Waals surface area contributed by atoms with E-state index in [9.17, 15) is 4.79 Å². The number of nitrogens with zero attached hydrogens (tertiary/aromatic N) is 3. The van der Waals surface area contributed by atoms with E-state index in [2.05, 4.69) is 25.6 Å². The van der Waals surface area contributed by atoms with Crippen LogP contribution in [0.1, 0.15) is 22.7 Å². The fourth-order valence-electron chi connectivity index (χ4n) is 2.60. The standard InChI is InChI=1S/C19H21N5O2/c1-13-22-16(12-17(23-13)20-10-5-11-26-2)19(25)24-15-8-3-6-14-7-4-9-21-18(14)15/h3-4,6-9,12H,5,10-11H2,1-2H3,(H,24,25)(H,20,22,23). The van der Waals surface area contributed by atoms with Crippen molar-refractivity contribution in [3.8, 4) is 0 Å². The molecule has 0 saturated carbocycles. The summed E-state index contributed by atoms with van der Waals surface area (Å²) >= 11 is 0. The Morgan fingerprint density at radius 3 is 2.88 bits per heavy atom. The molecule has 7 heteroatoms. The van der Waals surface area contributed by atoms with E-state index in [1.807, 2.05) is 30.3 Å². The zero-order valence-electron chi connectivity index (χ0n) is 14.8. The van der Waals surface area contributed by atoms with E-state index in [0.29, 0.717) is 36.2 Å². The first-order chi connectivity index (χ1) is 12.7. The third kappa shape index (κ3) is 4.31. The minimum Gasteiger partial charge on any atom is -0.385 e. The van der Waals surface area contributed by atoms with Crippen molar-refractivity contribution in [1.29, 1.82) is 0 Å². The van der Waals surface area contributed by atoms with Crippen LogP contribution in [-0.2, 0) is 4.74 Å². The van der Waals surface area contributed by atoms with Gasteiger partial charge in [0.15, 0.2) is 0 Å². The molecule has 2 heterocycles. The molecule has 0 unspecified atom stereocenters. The molecular formula is C19H21N5O2. The molecule has 0 aliphatic carbocycles. The molecule has 0 saturated heterocycles. The Hall–Kier alpha value is -3.06. The molecule has 3 aromatic rings. The molecular weight excluding hydrogens is 330 g/mol. The summed E-state index contributed by atoms with van der Waals surface area (Å²) in [4.78, 5) is 25.6. The summed E-state index contributed by atoms with van der Waals surface area (Å²) in [7, 11) is 1.67. The molecule has 0 bridgehead atoms. The number of carbonyl (C=O) groups is 1. The quantitative estimate of drug-likeness (QED) is 0.636. The molecule has 2 N–H and O–H groups in total. The van der Waals surface area contributed by atoms with Crippen LogP contribution in [0.4, 0.5) is 11.5 Å². The lowest BCUT2D eigenvalue weighted by molar-refractivity contribution is 0.102. The number of pyridine rings is 1. The SMILES string of the molecule is COCCCNc1cc(C(=O)Nc2cccc3cccnc23)nc(C)n1. The minimum absolute atomic E-state index is 0.298. The number of aryl methyl sites for hydroxylation is 1. The molecule has 3 rings (SSSR count). The van der Waals surface area contributed by atoms with Gasteiger partial charge in [-0.05, 0) is 25.5 Å². The average Bonchev–Trinajstić information content (AvgIpc) is 2.65. The van der Waals surface area contributed by atoms with Crippen LogP contribution in [-0.4, -0.2) is 41.1 Å². The van der Waals surface area contributed by atoms with Gasteiger partial charge in [0.2, 0.25) is 0 Å². The van der Waals surface area contributed by atoms with Crippen LogP contribution in [0.2, 0.25) is 0 Å². The Balaban J connectivity index is 1.77.